The van der Waals surface area contributed by atoms with Gasteiger partial charge in [0.1, 0.15) is 11.2 Å². The van der Waals surface area contributed by atoms with Crippen molar-refractivity contribution in [3.8, 4) is 90.7 Å². The fourth-order valence-electron chi connectivity index (χ4n) is 18.9. The summed E-state index contributed by atoms with van der Waals surface area (Å²) in [6.45, 7) is 0. The highest BCUT2D eigenvalue weighted by molar-refractivity contribution is 7.25. The average molecular weight is 1570 g/mol. The quantitative estimate of drug-likeness (QED) is 0.135. The number of hydrogen-bond acceptors (Lipinski definition) is 7. The molecule has 122 heavy (non-hydrogen) atoms. The van der Waals surface area contributed by atoms with Gasteiger partial charge in [0.15, 0.2) is 11.6 Å². The van der Waals surface area contributed by atoms with E-state index in [9.17, 15) is 0 Å². The Hall–Kier alpha value is -16.2. The number of benzene rings is 18. The zero-order valence-electron chi connectivity index (χ0n) is 65.5. The number of nitrogens with zero attached hydrogens (tertiary/aromatic N) is 9. The van der Waals surface area contributed by atoms with Gasteiger partial charge >= 0.3 is 0 Å². The van der Waals surface area contributed by atoms with E-state index in [2.05, 4.69) is 358 Å². The van der Waals surface area contributed by atoms with Crippen LogP contribution in [0.15, 0.2) is 411 Å². The number of hydrogen-bond donors (Lipinski definition) is 0. The van der Waals surface area contributed by atoms with Gasteiger partial charge in [0, 0.05) is 102 Å². The molecule has 0 aliphatic rings. The van der Waals surface area contributed by atoms with E-state index in [1.165, 1.54) is 69.3 Å². The normalized spacial score (nSPS) is 11.9. The van der Waals surface area contributed by atoms with Crippen LogP contribution >= 0.6 is 11.3 Å². The third kappa shape index (κ3) is 11.1. The smallest absolute Gasteiger partial charge is 0.238 e. The van der Waals surface area contributed by atoms with E-state index in [1.54, 1.807) is 0 Å². The lowest BCUT2D eigenvalue weighted by Crippen LogP contribution is -2.06. The van der Waals surface area contributed by atoms with Gasteiger partial charge in [0.2, 0.25) is 11.9 Å². The third-order valence-electron chi connectivity index (χ3n) is 24.5. The lowest BCUT2D eigenvalue weighted by molar-refractivity contribution is 0.673. The van der Waals surface area contributed by atoms with Gasteiger partial charge in [0.25, 0.3) is 0 Å². The number of rotatable bonds is 10. The van der Waals surface area contributed by atoms with Crippen LogP contribution in [0, 0.1) is 0 Å². The fraction of sp³-hybridized carbons (Fsp3) is 0. The maximum Gasteiger partial charge on any atom is 0.238 e. The van der Waals surface area contributed by atoms with Crippen LogP contribution in [0.4, 0.5) is 0 Å². The van der Waals surface area contributed by atoms with Gasteiger partial charge in [-0.3, -0.25) is 9.13 Å². The predicted molar refractivity (Wildman–Crippen MR) is 507 cm³/mol. The SMILES string of the molecule is c1ccc(-c2ccc(-c3nc(-n4c5ccc(-c6ccc7c(c6)c6c8oc9ccccc9c8ccc6n7-c6ccccc6)cc5c5c6ccccc6ccc54)nc4ccccc34)cc2)cc1.c1ccc(-c2nc(-c3ccccc3)nc(-n3c4ccccc4c4ccc(-c5ccc6c7cc8sc9ccccc9c8cc7n(-c7ccccc7)c6c5)cc43)n2)cc1. The standard InChI is InChI=1S/C60H36N4O.C51H31N5S/c1-3-13-37(14-4-1)38-23-25-40(26-24-38)58-47-20-9-11-21-50(47)61-60(62-58)64-52-32-29-41(35-48(52)56-44-18-8-7-15-39(44)27-33-53(56)64)42-28-31-51-49(36-42)57-54(63(51)43-16-5-2-6-17-43)34-30-46-45-19-10-12-22-55(45)65-59(46)57;1-4-14-32(15-5-1)49-52-50(33-16-6-2-7-17-33)54-51(53-49)56-43-22-12-10-20-37(43)38-26-24-35(29-45(38)56)34-25-27-39-41-31-48-42(40-21-11-13-23-47(40)57-48)30-46(41)55(44(39)28-34)36-18-8-3-9-19-36/h1-36H;1-31H. The second-order valence-electron chi connectivity index (χ2n) is 31.4. The van der Waals surface area contributed by atoms with Gasteiger partial charge in [-0.1, -0.05) is 291 Å². The Morgan fingerprint density at radius 2 is 0.656 bits per heavy atom. The second kappa shape index (κ2) is 27.7. The average Bonchev–Trinajstić information content (AvgIpc) is 1.57. The number of para-hydroxylation sites is 5. The van der Waals surface area contributed by atoms with Crippen molar-refractivity contribution in [2.75, 3.05) is 0 Å². The highest BCUT2D eigenvalue weighted by atomic mass is 32.1. The van der Waals surface area contributed by atoms with E-state index in [1.807, 2.05) is 78.1 Å². The van der Waals surface area contributed by atoms with Crippen molar-refractivity contribution in [2.45, 2.75) is 0 Å². The monoisotopic (exact) mass is 1570 g/mol. The minimum Gasteiger partial charge on any atom is -0.455 e. The molecule has 0 saturated carbocycles. The van der Waals surface area contributed by atoms with Crippen LogP contribution in [-0.4, -0.2) is 43.2 Å². The molecule has 10 nitrogen and oxygen atoms in total. The topological polar surface area (TPSA) is 97.3 Å². The van der Waals surface area contributed by atoms with E-state index in [-0.39, 0.29) is 0 Å². The van der Waals surface area contributed by atoms with Crippen LogP contribution in [0.25, 0.3) is 242 Å². The molecule has 0 aliphatic heterocycles. The molecule has 0 amide bonds. The van der Waals surface area contributed by atoms with Crippen molar-refractivity contribution >= 4 is 162 Å². The van der Waals surface area contributed by atoms with Crippen LogP contribution in [0.3, 0.4) is 0 Å². The second-order valence-corrected chi connectivity index (χ2v) is 32.5. The zero-order valence-corrected chi connectivity index (χ0v) is 66.3. The van der Waals surface area contributed by atoms with Crippen molar-refractivity contribution in [1.29, 1.82) is 0 Å². The molecule has 0 N–H and O–H groups in total. The first kappa shape index (κ1) is 69.0. The van der Waals surface area contributed by atoms with Crippen molar-refractivity contribution in [1.82, 2.24) is 43.2 Å². The minimum absolute atomic E-state index is 0.582. The van der Waals surface area contributed by atoms with Crippen LogP contribution in [0.5, 0.6) is 0 Å². The van der Waals surface area contributed by atoms with E-state index in [0.717, 1.165) is 149 Å². The Bertz CT molecular complexity index is 8690. The maximum atomic E-state index is 6.72. The summed E-state index contributed by atoms with van der Waals surface area (Å²) in [5, 5.41) is 17.6. The van der Waals surface area contributed by atoms with Crippen LogP contribution < -0.4 is 0 Å². The lowest BCUT2D eigenvalue weighted by Gasteiger charge is -2.12. The first-order valence-corrected chi connectivity index (χ1v) is 42.0. The van der Waals surface area contributed by atoms with Gasteiger partial charge in [-0.2, -0.15) is 9.97 Å². The number of thiophene rings is 1. The molecule has 11 heteroatoms. The molecular formula is C111H67N9OS. The Morgan fingerprint density at radius 1 is 0.213 bits per heavy atom. The van der Waals surface area contributed by atoms with Crippen molar-refractivity contribution < 1.29 is 4.42 Å². The lowest BCUT2D eigenvalue weighted by atomic mass is 9.98. The van der Waals surface area contributed by atoms with Crippen LogP contribution in [-0.2, 0) is 0 Å². The van der Waals surface area contributed by atoms with E-state index in [4.69, 9.17) is 29.3 Å². The zero-order chi connectivity index (χ0) is 80.0. The van der Waals surface area contributed by atoms with Gasteiger partial charge in [-0.15, -0.1) is 11.3 Å². The molecule has 0 unspecified atom stereocenters. The van der Waals surface area contributed by atoms with Gasteiger partial charge in [0.05, 0.1) is 60.7 Å². The van der Waals surface area contributed by atoms with E-state index < -0.39 is 0 Å². The molecule has 26 rings (SSSR count). The summed E-state index contributed by atoms with van der Waals surface area (Å²) in [7, 11) is 0. The van der Waals surface area contributed by atoms with Crippen LogP contribution in [0.2, 0.25) is 0 Å². The Balaban J connectivity index is 0.000000136. The highest BCUT2D eigenvalue weighted by Gasteiger charge is 2.26. The summed E-state index contributed by atoms with van der Waals surface area (Å²) in [4.78, 5) is 26.1. The molecule has 18 aromatic carbocycles. The van der Waals surface area contributed by atoms with E-state index in [0.29, 0.717) is 23.5 Å². The molecule has 0 fully saturated rings. The van der Waals surface area contributed by atoms with E-state index >= 15 is 0 Å². The molecule has 0 radical (unpaired) electrons. The number of furan rings is 1. The molecule has 0 bridgehead atoms. The first-order valence-electron chi connectivity index (χ1n) is 41.2. The number of aromatic nitrogens is 9. The summed E-state index contributed by atoms with van der Waals surface area (Å²) in [5.74, 6) is 2.49. The Morgan fingerprint density at radius 3 is 1.35 bits per heavy atom. The fourth-order valence-corrected chi connectivity index (χ4v) is 20.0. The molecule has 0 spiro atoms. The Kier molecular flexibility index (Phi) is 15.7. The number of fused-ring (bicyclic) bond motifs is 22. The molecule has 568 valence electrons. The predicted octanol–water partition coefficient (Wildman–Crippen LogP) is 29.3. The summed E-state index contributed by atoms with van der Waals surface area (Å²) >= 11 is 1.87. The molecule has 8 aromatic heterocycles. The summed E-state index contributed by atoms with van der Waals surface area (Å²) in [6.07, 6.45) is 0. The van der Waals surface area contributed by atoms with Crippen molar-refractivity contribution in [3.63, 3.8) is 0 Å². The van der Waals surface area contributed by atoms with Crippen molar-refractivity contribution in [3.05, 3.63) is 406 Å². The summed E-state index contributed by atoms with van der Waals surface area (Å²) < 4.78 is 18.6. The molecule has 26 aromatic rings. The van der Waals surface area contributed by atoms with Crippen molar-refractivity contribution in [2.24, 2.45) is 0 Å². The van der Waals surface area contributed by atoms with Gasteiger partial charge in [-0.05, 0) is 159 Å². The minimum atomic E-state index is 0.582. The Labute approximate surface area is 702 Å². The summed E-state index contributed by atoms with van der Waals surface area (Å²) in [5.41, 5.74) is 24.5. The molecule has 0 aliphatic carbocycles. The van der Waals surface area contributed by atoms with Crippen LogP contribution in [0.1, 0.15) is 0 Å². The highest BCUT2D eigenvalue weighted by Crippen LogP contribution is 2.47. The molecule has 8 heterocycles. The molecular weight excluding hydrogens is 1510 g/mol. The summed E-state index contributed by atoms with van der Waals surface area (Å²) in [6, 6.07) is 145. The van der Waals surface area contributed by atoms with Gasteiger partial charge < -0.3 is 13.6 Å². The third-order valence-corrected chi connectivity index (χ3v) is 25.6. The van der Waals surface area contributed by atoms with Gasteiger partial charge in [-0.25, -0.2) is 15.0 Å². The largest absolute Gasteiger partial charge is 0.455 e. The maximum absolute atomic E-state index is 6.72. The molecule has 0 saturated heterocycles. The first-order chi connectivity index (χ1) is 60.5. The molecule has 0 atom stereocenters.